The number of hydrogen-bond donors (Lipinski definition) is 0. The molecule has 1 saturated carbocycles. The molecule has 0 spiro atoms. The molecule has 1 fully saturated rings. The summed E-state index contributed by atoms with van der Waals surface area (Å²) in [6.07, 6.45) is 9.70. The molecule has 31 heavy (non-hydrogen) atoms. The number of ether oxygens (including phenoxy) is 1. The van der Waals surface area contributed by atoms with Gasteiger partial charge in [-0.15, -0.1) is 0 Å². The van der Waals surface area contributed by atoms with Crippen LogP contribution in [0.1, 0.15) is 83.3 Å². The number of esters is 1. The van der Waals surface area contributed by atoms with Gasteiger partial charge in [-0.2, -0.15) is 0 Å². The SMILES string of the molecule is CCCCC1CCC(C(=O)Oc2ccc(C#Cc3ccc(CCC)cc3)cc2F)CC1.[HH]. The lowest BCUT2D eigenvalue weighted by atomic mass is 9.80. The number of unbranched alkanes of at least 4 members (excludes halogenated alkanes) is 1. The van der Waals surface area contributed by atoms with Crippen molar-refractivity contribution >= 4 is 5.97 Å². The highest BCUT2D eigenvalue weighted by atomic mass is 19.1. The third kappa shape index (κ3) is 6.96. The van der Waals surface area contributed by atoms with Crippen molar-refractivity contribution in [1.29, 1.82) is 0 Å². The summed E-state index contributed by atoms with van der Waals surface area (Å²) >= 11 is 0. The minimum absolute atomic E-state index is 0. The lowest BCUT2D eigenvalue weighted by molar-refractivity contribution is -0.140. The second-order valence-corrected chi connectivity index (χ2v) is 8.62. The van der Waals surface area contributed by atoms with Crippen LogP contribution in [0.5, 0.6) is 5.75 Å². The Morgan fingerprint density at radius 1 is 1.00 bits per heavy atom. The Hall–Kier alpha value is -2.60. The van der Waals surface area contributed by atoms with Crippen LogP contribution < -0.4 is 4.74 Å². The van der Waals surface area contributed by atoms with E-state index in [2.05, 4.69) is 37.8 Å². The average Bonchev–Trinajstić information content (AvgIpc) is 2.79. The molecule has 3 rings (SSSR count). The van der Waals surface area contributed by atoms with Gasteiger partial charge in [0.1, 0.15) is 0 Å². The van der Waals surface area contributed by atoms with E-state index >= 15 is 0 Å². The van der Waals surface area contributed by atoms with Crippen LogP contribution in [0.4, 0.5) is 4.39 Å². The van der Waals surface area contributed by atoms with Crippen molar-refractivity contribution in [3.63, 3.8) is 0 Å². The van der Waals surface area contributed by atoms with Crippen LogP contribution in [-0.4, -0.2) is 5.97 Å². The van der Waals surface area contributed by atoms with E-state index in [1.54, 1.807) is 6.07 Å². The minimum atomic E-state index is -0.546. The van der Waals surface area contributed by atoms with Gasteiger partial charge in [-0.25, -0.2) is 4.39 Å². The van der Waals surface area contributed by atoms with E-state index in [1.807, 2.05) is 12.1 Å². The average molecular weight is 423 g/mol. The zero-order chi connectivity index (χ0) is 22.1. The van der Waals surface area contributed by atoms with Gasteiger partial charge in [-0.3, -0.25) is 4.79 Å². The predicted molar refractivity (Wildman–Crippen MR) is 126 cm³/mol. The van der Waals surface area contributed by atoms with E-state index in [-0.39, 0.29) is 19.1 Å². The molecule has 0 N–H and O–H groups in total. The van der Waals surface area contributed by atoms with Crippen LogP contribution in [-0.2, 0) is 11.2 Å². The normalized spacial score (nSPS) is 18.2. The molecular weight excluding hydrogens is 387 g/mol. The van der Waals surface area contributed by atoms with Gasteiger partial charge in [0.25, 0.3) is 0 Å². The summed E-state index contributed by atoms with van der Waals surface area (Å²) in [6, 6.07) is 12.7. The third-order valence-electron chi connectivity index (χ3n) is 6.13. The van der Waals surface area contributed by atoms with Crippen LogP contribution in [0, 0.1) is 29.5 Å². The van der Waals surface area contributed by atoms with E-state index in [1.165, 1.54) is 37.0 Å². The number of carbonyl (C=O) groups excluding carboxylic acids is 1. The summed E-state index contributed by atoms with van der Waals surface area (Å²) in [4.78, 5) is 12.5. The standard InChI is InChI=1S/C28H33FO2.H2/c1-3-5-7-22-14-17-25(18-15-22)28(30)31-27-19-16-24(20-26(27)29)13-12-23-10-8-21(6-4-2)9-11-23;/h8-11,16,19-20,22,25H,3-7,14-15,17-18H2,1-2H3;1H. The monoisotopic (exact) mass is 422 g/mol. The molecule has 0 amide bonds. The lowest BCUT2D eigenvalue weighted by Gasteiger charge is -2.27. The summed E-state index contributed by atoms with van der Waals surface area (Å²) in [5, 5.41) is 0. The molecule has 0 aliphatic heterocycles. The Kier molecular flexibility index (Phi) is 8.71. The Balaban J connectivity index is 0.00000363. The molecule has 0 heterocycles. The first-order valence-corrected chi connectivity index (χ1v) is 11.7. The highest BCUT2D eigenvalue weighted by Crippen LogP contribution is 2.33. The number of halogens is 1. The molecule has 0 aromatic heterocycles. The molecule has 1 aliphatic carbocycles. The number of hydrogen-bond acceptors (Lipinski definition) is 2. The van der Waals surface area contributed by atoms with E-state index < -0.39 is 5.82 Å². The maximum Gasteiger partial charge on any atom is 0.314 e. The quantitative estimate of drug-likeness (QED) is 0.265. The molecular formula is C28H35FO2. The molecule has 0 saturated heterocycles. The summed E-state index contributed by atoms with van der Waals surface area (Å²) in [7, 11) is 0. The highest BCUT2D eigenvalue weighted by Gasteiger charge is 2.28. The maximum atomic E-state index is 14.5. The Morgan fingerprint density at radius 2 is 1.68 bits per heavy atom. The van der Waals surface area contributed by atoms with Crippen LogP contribution in [0.2, 0.25) is 0 Å². The van der Waals surface area contributed by atoms with Crippen molar-refractivity contribution in [2.24, 2.45) is 11.8 Å². The minimum Gasteiger partial charge on any atom is -0.423 e. The van der Waals surface area contributed by atoms with Gasteiger partial charge >= 0.3 is 5.97 Å². The molecule has 0 radical (unpaired) electrons. The molecule has 2 aromatic rings. The Labute approximate surface area is 187 Å². The van der Waals surface area contributed by atoms with Crippen molar-refractivity contribution in [3.8, 4) is 17.6 Å². The summed E-state index contributed by atoms with van der Waals surface area (Å²) in [6.45, 7) is 4.36. The fourth-order valence-corrected chi connectivity index (χ4v) is 4.22. The Morgan fingerprint density at radius 3 is 2.32 bits per heavy atom. The molecule has 0 bridgehead atoms. The molecule has 0 atom stereocenters. The highest BCUT2D eigenvalue weighted by molar-refractivity contribution is 5.75. The van der Waals surface area contributed by atoms with Crippen LogP contribution in [0.15, 0.2) is 42.5 Å². The van der Waals surface area contributed by atoms with Gasteiger partial charge in [0.2, 0.25) is 0 Å². The van der Waals surface area contributed by atoms with Crippen molar-refractivity contribution in [2.75, 3.05) is 0 Å². The van der Waals surface area contributed by atoms with Gasteiger partial charge < -0.3 is 4.74 Å². The molecule has 1 aliphatic rings. The van der Waals surface area contributed by atoms with Crippen LogP contribution >= 0.6 is 0 Å². The van der Waals surface area contributed by atoms with E-state index in [0.29, 0.717) is 5.56 Å². The lowest BCUT2D eigenvalue weighted by Crippen LogP contribution is -2.26. The van der Waals surface area contributed by atoms with Gasteiger partial charge in [0, 0.05) is 12.6 Å². The summed E-state index contributed by atoms with van der Waals surface area (Å²) in [5.41, 5.74) is 2.75. The van der Waals surface area contributed by atoms with Crippen molar-refractivity contribution in [1.82, 2.24) is 0 Å². The second kappa shape index (κ2) is 11.7. The van der Waals surface area contributed by atoms with Crippen molar-refractivity contribution in [3.05, 3.63) is 65.0 Å². The second-order valence-electron chi connectivity index (χ2n) is 8.62. The smallest absolute Gasteiger partial charge is 0.314 e. The van der Waals surface area contributed by atoms with Crippen LogP contribution in [0.3, 0.4) is 0 Å². The fraction of sp³-hybridized carbons (Fsp3) is 0.464. The number of benzene rings is 2. The molecule has 166 valence electrons. The number of rotatable bonds is 7. The first-order valence-electron chi connectivity index (χ1n) is 11.7. The predicted octanol–water partition coefficient (Wildman–Crippen LogP) is 7.33. The van der Waals surface area contributed by atoms with Gasteiger partial charge in [0.15, 0.2) is 11.6 Å². The van der Waals surface area contributed by atoms with Crippen molar-refractivity contribution < 1.29 is 15.3 Å². The number of aryl methyl sites for hydroxylation is 1. The first kappa shape index (κ1) is 23.1. The summed E-state index contributed by atoms with van der Waals surface area (Å²) in [5.74, 6) is 5.80. The largest absolute Gasteiger partial charge is 0.423 e. The summed E-state index contributed by atoms with van der Waals surface area (Å²) < 4.78 is 19.9. The first-order chi connectivity index (χ1) is 15.1. The van der Waals surface area contributed by atoms with E-state index in [4.69, 9.17) is 4.74 Å². The van der Waals surface area contributed by atoms with Gasteiger partial charge in [0.05, 0.1) is 5.92 Å². The fourth-order valence-electron chi connectivity index (χ4n) is 4.22. The zero-order valence-corrected chi connectivity index (χ0v) is 18.8. The molecule has 2 nitrogen and oxygen atoms in total. The van der Waals surface area contributed by atoms with Gasteiger partial charge in [-0.1, -0.05) is 63.5 Å². The van der Waals surface area contributed by atoms with Crippen molar-refractivity contribution in [2.45, 2.75) is 71.6 Å². The number of carbonyl (C=O) groups is 1. The van der Waals surface area contributed by atoms with Gasteiger partial charge in [-0.05, 0) is 73.9 Å². The Bertz CT molecular complexity index is 919. The van der Waals surface area contributed by atoms with E-state index in [0.717, 1.165) is 50.0 Å². The van der Waals surface area contributed by atoms with E-state index in [9.17, 15) is 9.18 Å². The third-order valence-corrected chi connectivity index (χ3v) is 6.13. The van der Waals surface area contributed by atoms with Crippen LogP contribution in [0.25, 0.3) is 0 Å². The molecule has 0 unspecified atom stereocenters. The molecule has 2 aromatic carbocycles. The zero-order valence-electron chi connectivity index (χ0n) is 18.8. The maximum absolute atomic E-state index is 14.5. The molecule has 3 heteroatoms. The topological polar surface area (TPSA) is 26.3 Å².